The summed E-state index contributed by atoms with van der Waals surface area (Å²) in [7, 11) is 0. The number of aromatic nitrogens is 1. The van der Waals surface area contributed by atoms with Crippen molar-refractivity contribution in [2.45, 2.75) is 45.2 Å². The Morgan fingerprint density at radius 2 is 2.12 bits per heavy atom. The van der Waals surface area contributed by atoms with E-state index in [1.807, 2.05) is 0 Å². The molecule has 96 valence electrons. The fraction of sp³-hybridized carbons (Fsp3) is 0.714. The summed E-state index contributed by atoms with van der Waals surface area (Å²) in [6, 6.07) is 4.19. The second-order valence-corrected chi connectivity index (χ2v) is 4.95. The average Bonchev–Trinajstić information content (AvgIpc) is 2.83. The van der Waals surface area contributed by atoms with Crippen molar-refractivity contribution in [1.82, 2.24) is 4.57 Å². The number of rotatable bonds is 6. The van der Waals surface area contributed by atoms with Crippen molar-refractivity contribution in [2.75, 3.05) is 13.2 Å². The van der Waals surface area contributed by atoms with Crippen LogP contribution >= 0.6 is 0 Å². The third-order valence-corrected chi connectivity index (χ3v) is 3.73. The van der Waals surface area contributed by atoms with Crippen LogP contribution in [-0.2, 0) is 17.8 Å². The molecule has 1 aliphatic heterocycles. The van der Waals surface area contributed by atoms with Crippen LogP contribution in [0.2, 0.25) is 0 Å². The van der Waals surface area contributed by atoms with Gasteiger partial charge in [0.25, 0.3) is 0 Å². The number of ether oxygens (including phenoxy) is 1. The molecule has 17 heavy (non-hydrogen) atoms. The van der Waals surface area contributed by atoms with Crippen LogP contribution < -0.4 is 5.73 Å². The van der Waals surface area contributed by atoms with E-state index in [2.05, 4.69) is 22.9 Å². The lowest BCUT2D eigenvalue weighted by atomic mass is 9.94. The van der Waals surface area contributed by atoms with E-state index in [9.17, 15) is 0 Å². The standard InChI is InChI=1S/C14H24N2O/c15-12-14-5-3-9-16(14)8-2-1-4-13-6-10-17-11-7-13/h3,5,9,13H,1-2,4,6-8,10-12,15H2. The van der Waals surface area contributed by atoms with E-state index in [1.54, 1.807) is 0 Å². The van der Waals surface area contributed by atoms with Crippen LogP contribution in [0.4, 0.5) is 0 Å². The molecule has 3 nitrogen and oxygen atoms in total. The summed E-state index contributed by atoms with van der Waals surface area (Å²) in [5, 5.41) is 0. The summed E-state index contributed by atoms with van der Waals surface area (Å²) >= 11 is 0. The van der Waals surface area contributed by atoms with Crippen molar-refractivity contribution in [3.63, 3.8) is 0 Å². The number of nitrogens with two attached hydrogens (primary N) is 1. The Labute approximate surface area is 104 Å². The van der Waals surface area contributed by atoms with Gasteiger partial charge in [0, 0.05) is 38.2 Å². The second-order valence-electron chi connectivity index (χ2n) is 4.95. The van der Waals surface area contributed by atoms with E-state index in [-0.39, 0.29) is 0 Å². The van der Waals surface area contributed by atoms with Gasteiger partial charge in [0.1, 0.15) is 0 Å². The molecule has 2 rings (SSSR count). The van der Waals surface area contributed by atoms with Crippen molar-refractivity contribution >= 4 is 0 Å². The highest BCUT2D eigenvalue weighted by Gasteiger charge is 2.12. The van der Waals surface area contributed by atoms with Gasteiger partial charge in [-0.3, -0.25) is 0 Å². The van der Waals surface area contributed by atoms with Crippen LogP contribution in [0.25, 0.3) is 0 Å². The molecule has 1 aromatic heterocycles. The molecule has 1 aliphatic rings. The largest absolute Gasteiger partial charge is 0.381 e. The summed E-state index contributed by atoms with van der Waals surface area (Å²) in [6.07, 6.45) is 8.61. The van der Waals surface area contributed by atoms with Gasteiger partial charge in [0.2, 0.25) is 0 Å². The summed E-state index contributed by atoms with van der Waals surface area (Å²) < 4.78 is 7.66. The van der Waals surface area contributed by atoms with Crippen LogP contribution in [0.3, 0.4) is 0 Å². The fourth-order valence-corrected chi connectivity index (χ4v) is 2.60. The highest BCUT2D eigenvalue weighted by Crippen LogP contribution is 2.21. The molecule has 0 radical (unpaired) electrons. The zero-order valence-electron chi connectivity index (χ0n) is 10.6. The molecule has 2 heterocycles. The molecular weight excluding hydrogens is 212 g/mol. The Morgan fingerprint density at radius 1 is 1.29 bits per heavy atom. The summed E-state index contributed by atoms with van der Waals surface area (Å²) in [6.45, 7) is 3.70. The first kappa shape index (κ1) is 12.7. The van der Waals surface area contributed by atoms with E-state index >= 15 is 0 Å². The third-order valence-electron chi connectivity index (χ3n) is 3.73. The Balaban J connectivity index is 1.62. The van der Waals surface area contributed by atoms with Crippen LogP contribution in [0.1, 0.15) is 37.8 Å². The summed E-state index contributed by atoms with van der Waals surface area (Å²) in [5.41, 5.74) is 6.93. The van der Waals surface area contributed by atoms with E-state index in [0.29, 0.717) is 6.54 Å². The maximum absolute atomic E-state index is 5.68. The minimum Gasteiger partial charge on any atom is -0.381 e. The van der Waals surface area contributed by atoms with Gasteiger partial charge in [0.05, 0.1) is 0 Å². The van der Waals surface area contributed by atoms with Crippen LogP contribution in [0.5, 0.6) is 0 Å². The first-order valence-corrected chi connectivity index (χ1v) is 6.82. The van der Waals surface area contributed by atoms with Crippen LogP contribution in [0, 0.1) is 5.92 Å². The van der Waals surface area contributed by atoms with Crippen LogP contribution in [-0.4, -0.2) is 17.8 Å². The smallest absolute Gasteiger partial charge is 0.0468 e. The zero-order valence-corrected chi connectivity index (χ0v) is 10.6. The van der Waals surface area contributed by atoms with Crippen molar-refractivity contribution < 1.29 is 4.74 Å². The van der Waals surface area contributed by atoms with Crippen molar-refractivity contribution in [3.8, 4) is 0 Å². The molecule has 0 spiro atoms. The molecule has 1 saturated heterocycles. The van der Waals surface area contributed by atoms with Gasteiger partial charge in [-0.1, -0.05) is 12.8 Å². The third kappa shape index (κ3) is 3.86. The van der Waals surface area contributed by atoms with Crippen molar-refractivity contribution in [1.29, 1.82) is 0 Å². The molecule has 0 aliphatic carbocycles. The van der Waals surface area contributed by atoms with E-state index in [4.69, 9.17) is 10.5 Å². The molecule has 2 N–H and O–H groups in total. The Bertz CT molecular complexity index is 316. The predicted octanol–water partition coefficient (Wildman–Crippen LogP) is 2.54. The molecule has 1 fully saturated rings. The highest BCUT2D eigenvalue weighted by molar-refractivity contribution is 5.06. The first-order valence-electron chi connectivity index (χ1n) is 6.82. The fourth-order valence-electron chi connectivity index (χ4n) is 2.60. The number of hydrogen-bond acceptors (Lipinski definition) is 2. The quantitative estimate of drug-likeness (QED) is 0.771. The van der Waals surface area contributed by atoms with Gasteiger partial charge in [-0.05, 0) is 37.3 Å². The maximum atomic E-state index is 5.68. The van der Waals surface area contributed by atoms with Crippen molar-refractivity contribution in [2.24, 2.45) is 11.7 Å². The molecule has 0 aromatic carbocycles. The normalized spacial score (nSPS) is 17.5. The number of nitrogens with zero attached hydrogens (tertiary/aromatic N) is 1. The molecule has 0 bridgehead atoms. The first-order chi connectivity index (χ1) is 8.40. The number of aryl methyl sites for hydroxylation is 1. The minimum absolute atomic E-state index is 0.646. The van der Waals surface area contributed by atoms with Gasteiger partial charge in [-0.25, -0.2) is 0 Å². The van der Waals surface area contributed by atoms with Gasteiger partial charge in [0.15, 0.2) is 0 Å². The Morgan fingerprint density at radius 3 is 2.88 bits per heavy atom. The predicted molar refractivity (Wildman–Crippen MR) is 69.7 cm³/mol. The van der Waals surface area contributed by atoms with Crippen molar-refractivity contribution in [3.05, 3.63) is 24.0 Å². The molecule has 1 aromatic rings. The molecule has 0 amide bonds. The van der Waals surface area contributed by atoms with Crippen LogP contribution in [0.15, 0.2) is 18.3 Å². The maximum Gasteiger partial charge on any atom is 0.0468 e. The number of unbranched alkanes of at least 4 members (excludes halogenated alkanes) is 1. The van der Waals surface area contributed by atoms with E-state index in [1.165, 1.54) is 37.8 Å². The van der Waals surface area contributed by atoms with Gasteiger partial charge >= 0.3 is 0 Å². The molecule has 0 unspecified atom stereocenters. The Kier molecular flexibility index (Phi) is 5.08. The van der Waals surface area contributed by atoms with Gasteiger partial charge in [-0.15, -0.1) is 0 Å². The average molecular weight is 236 g/mol. The molecule has 3 heteroatoms. The monoisotopic (exact) mass is 236 g/mol. The lowest BCUT2D eigenvalue weighted by Gasteiger charge is -2.21. The molecular formula is C14H24N2O. The Hall–Kier alpha value is -0.800. The zero-order chi connectivity index (χ0) is 11.9. The SMILES string of the molecule is NCc1cccn1CCCCC1CCOCC1. The van der Waals surface area contributed by atoms with E-state index in [0.717, 1.165) is 25.7 Å². The van der Waals surface area contributed by atoms with Gasteiger partial charge in [-0.2, -0.15) is 0 Å². The summed E-state index contributed by atoms with van der Waals surface area (Å²) in [4.78, 5) is 0. The second kappa shape index (κ2) is 6.82. The molecule has 0 atom stereocenters. The summed E-state index contributed by atoms with van der Waals surface area (Å²) in [5.74, 6) is 0.905. The number of hydrogen-bond donors (Lipinski definition) is 1. The topological polar surface area (TPSA) is 40.2 Å². The highest BCUT2D eigenvalue weighted by atomic mass is 16.5. The van der Waals surface area contributed by atoms with E-state index < -0.39 is 0 Å². The lowest BCUT2D eigenvalue weighted by molar-refractivity contribution is 0.0630. The minimum atomic E-state index is 0.646. The van der Waals surface area contributed by atoms with Gasteiger partial charge < -0.3 is 15.0 Å². The lowest BCUT2D eigenvalue weighted by Crippen LogP contribution is -2.15. The molecule has 0 saturated carbocycles.